The van der Waals surface area contributed by atoms with Crippen LogP contribution in [-0.4, -0.2) is 42.2 Å². The van der Waals surface area contributed by atoms with Crippen molar-refractivity contribution in [3.63, 3.8) is 0 Å². The molecule has 0 unspecified atom stereocenters. The van der Waals surface area contributed by atoms with E-state index in [0.29, 0.717) is 25.7 Å². The molecule has 1 aliphatic rings. The summed E-state index contributed by atoms with van der Waals surface area (Å²) in [5, 5.41) is 2.84. The average molecular weight is 376 g/mol. The molecule has 5 N–H and O–H groups in total. The van der Waals surface area contributed by atoms with Crippen molar-refractivity contribution in [2.24, 2.45) is 11.5 Å². The monoisotopic (exact) mass is 376 g/mol. The Kier molecular flexibility index (Phi) is 6.47. The van der Waals surface area contributed by atoms with Gasteiger partial charge in [-0.15, -0.1) is 0 Å². The van der Waals surface area contributed by atoms with Gasteiger partial charge in [0.05, 0.1) is 0 Å². The van der Waals surface area contributed by atoms with Gasteiger partial charge in [0, 0.05) is 6.04 Å². The molecule has 1 heterocycles. The fourth-order valence-electron chi connectivity index (χ4n) is 2.68. The highest BCUT2D eigenvalue weighted by atomic mass is 19.3. The van der Waals surface area contributed by atoms with Crippen LogP contribution >= 0.6 is 0 Å². The summed E-state index contributed by atoms with van der Waals surface area (Å²) >= 11 is 0. The van der Waals surface area contributed by atoms with Crippen molar-refractivity contribution >= 4 is 17.8 Å². The van der Waals surface area contributed by atoms with Crippen molar-refractivity contribution < 1.29 is 32.2 Å². The number of hydrogen-bond acceptors (Lipinski definition) is 6. The van der Waals surface area contributed by atoms with E-state index in [9.17, 15) is 22.8 Å². The second kappa shape index (κ2) is 8.59. The van der Waals surface area contributed by atoms with Crippen molar-refractivity contribution in [1.82, 2.24) is 4.98 Å². The first-order valence-corrected chi connectivity index (χ1v) is 7.90. The third kappa shape index (κ3) is 5.39. The highest BCUT2D eigenvalue weighted by molar-refractivity contribution is 5.95. The first-order valence-electron chi connectivity index (χ1n) is 7.90. The molecule has 0 bridgehead atoms. The van der Waals surface area contributed by atoms with Crippen molar-refractivity contribution in [2.45, 2.75) is 44.3 Å². The Morgan fingerprint density at radius 2 is 1.92 bits per heavy atom. The fraction of sp³-hybridized carbons (Fsp3) is 0.533. The molecule has 1 aliphatic carbocycles. The molecule has 0 atom stereocenters. The number of carbonyl (C=O) groups is 2. The second-order valence-electron chi connectivity index (χ2n) is 5.79. The molecule has 1 fully saturated rings. The number of rotatable bonds is 7. The van der Waals surface area contributed by atoms with Crippen LogP contribution in [0.5, 0.6) is 5.88 Å². The van der Waals surface area contributed by atoms with E-state index in [1.165, 1.54) is 0 Å². The number of nitrogens with two attached hydrogens (primary N) is 2. The first kappa shape index (κ1) is 19.6. The average Bonchev–Trinajstić information content (AvgIpc) is 2.56. The Balaban J connectivity index is 2.08. The number of nitrogens with one attached hydrogen (secondary N) is 1. The van der Waals surface area contributed by atoms with Gasteiger partial charge >= 0.3 is 6.09 Å². The van der Waals surface area contributed by atoms with Crippen LogP contribution in [0.15, 0.2) is 6.07 Å². The minimum Gasteiger partial charge on any atom is -0.471 e. The molecule has 8 nitrogen and oxygen atoms in total. The third-order valence-corrected chi connectivity index (χ3v) is 3.85. The predicted octanol–water partition coefficient (Wildman–Crippen LogP) is 1.78. The zero-order valence-electron chi connectivity index (χ0n) is 13.7. The summed E-state index contributed by atoms with van der Waals surface area (Å²) in [5.41, 5.74) is 9.64. The zero-order valence-corrected chi connectivity index (χ0v) is 13.7. The van der Waals surface area contributed by atoms with Crippen LogP contribution in [-0.2, 0) is 4.74 Å². The lowest BCUT2D eigenvalue weighted by Gasteiger charge is -2.29. The zero-order chi connectivity index (χ0) is 19.3. The minimum absolute atomic E-state index is 0.188. The molecule has 144 valence electrons. The quantitative estimate of drug-likeness (QED) is 0.665. The van der Waals surface area contributed by atoms with Gasteiger partial charge in [0.1, 0.15) is 11.7 Å². The lowest BCUT2D eigenvalue weighted by atomic mass is 9.93. The summed E-state index contributed by atoms with van der Waals surface area (Å²) in [6.07, 6.45) is -1.80. The number of amides is 2. The minimum atomic E-state index is -2.79. The van der Waals surface area contributed by atoms with Crippen LogP contribution in [0.25, 0.3) is 0 Å². The van der Waals surface area contributed by atoms with Crippen LogP contribution < -0.4 is 21.5 Å². The molecule has 1 aromatic rings. The number of ether oxygens (including phenoxy) is 2. The van der Waals surface area contributed by atoms with Crippen LogP contribution in [0.1, 0.15) is 36.0 Å². The van der Waals surface area contributed by atoms with E-state index in [4.69, 9.17) is 20.9 Å². The standard InChI is InChI=1S/C15H19F3N4O4/c16-10-5-9(12(19)23)14(25-6-11(17)18)22-13(10)21-7-1-3-8(4-2-7)26-15(20)24/h5,7-8,11H,1-4,6H2,(H2,19,23)(H2,20,24)(H,21,22). The number of alkyl halides is 2. The van der Waals surface area contributed by atoms with Crippen molar-refractivity contribution in [3.8, 4) is 5.88 Å². The highest BCUT2D eigenvalue weighted by Gasteiger charge is 2.25. The van der Waals surface area contributed by atoms with E-state index in [2.05, 4.69) is 10.3 Å². The fourth-order valence-corrected chi connectivity index (χ4v) is 2.68. The number of aromatic nitrogens is 1. The van der Waals surface area contributed by atoms with Crippen LogP contribution in [0.4, 0.5) is 23.8 Å². The number of pyridine rings is 1. The summed E-state index contributed by atoms with van der Waals surface area (Å²) in [4.78, 5) is 25.8. The van der Waals surface area contributed by atoms with Gasteiger partial charge in [-0.3, -0.25) is 4.79 Å². The maximum Gasteiger partial charge on any atom is 0.404 e. The van der Waals surface area contributed by atoms with Gasteiger partial charge in [-0.1, -0.05) is 0 Å². The Morgan fingerprint density at radius 1 is 1.27 bits per heavy atom. The van der Waals surface area contributed by atoms with E-state index in [1.54, 1.807) is 0 Å². The number of primary amides is 2. The van der Waals surface area contributed by atoms with E-state index in [0.717, 1.165) is 6.07 Å². The molecule has 1 aromatic heterocycles. The van der Waals surface area contributed by atoms with E-state index >= 15 is 0 Å². The molecule has 0 radical (unpaired) electrons. The maximum absolute atomic E-state index is 14.2. The summed E-state index contributed by atoms with van der Waals surface area (Å²) in [6.45, 7) is -1.01. The lowest BCUT2D eigenvalue weighted by Crippen LogP contribution is -2.32. The molecular formula is C15H19F3N4O4. The Bertz CT molecular complexity index is 667. The molecule has 0 aliphatic heterocycles. The number of carbonyl (C=O) groups excluding carboxylic acids is 2. The lowest BCUT2D eigenvalue weighted by molar-refractivity contribution is 0.0777. The van der Waals surface area contributed by atoms with Crippen molar-refractivity contribution in [1.29, 1.82) is 0 Å². The highest BCUT2D eigenvalue weighted by Crippen LogP contribution is 2.27. The van der Waals surface area contributed by atoms with Gasteiger partial charge in [-0.2, -0.15) is 4.98 Å². The third-order valence-electron chi connectivity index (χ3n) is 3.85. The van der Waals surface area contributed by atoms with E-state index < -0.39 is 42.3 Å². The first-order chi connectivity index (χ1) is 12.3. The smallest absolute Gasteiger partial charge is 0.404 e. The predicted molar refractivity (Wildman–Crippen MR) is 84.5 cm³/mol. The van der Waals surface area contributed by atoms with Crippen molar-refractivity contribution in [2.75, 3.05) is 11.9 Å². The maximum atomic E-state index is 14.2. The molecular weight excluding hydrogens is 357 g/mol. The van der Waals surface area contributed by atoms with Gasteiger partial charge in [-0.05, 0) is 31.7 Å². The number of hydrogen-bond donors (Lipinski definition) is 3. The number of anilines is 1. The van der Waals surface area contributed by atoms with E-state index in [1.807, 2.05) is 0 Å². The van der Waals surface area contributed by atoms with Gasteiger partial charge < -0.3 is 26.3 Å². The summed E-state index contributed by atoms with van der Waals surface area (Å²) in [6, 6.07) is 0.604. The molecule has 0 saturated heterocycles. The molecule has 2 rings (SSSR count). The van der Waals surface area contributed by atoms with E-state index in [-0.39, 0.29) is 18.0 Å². The number of nitrogens with zero attached hydrogens (tertiary/aromatic N) is 1. The van der Waals surface area contributed by atoms with Crippen molar-refractivity contribution in [3.05, 3.63) is 17.4 Å². The van der Waals surface area contributed by atoms with Gasteiger partial charge in [0.15, 0.2) is 18.2 Å². The topological polar surface area (TPSA) is 130 Å². The molecule has 11 heteroatoms. The molecule has 0 aromatic carbocycles. The molecule has 0 spiro atoms. The number of halogens is 3. The van der Waals surface area contributed by atoms with Crippen LogP contribution in [0.2, 0.25) is 0 Å². The van der Waals surface area contributed by atoms with Gasteiger partial charge in [0.25, 0.3) is 12.3 Å². The molecule has 1 saturated carbocycles. The normalized spacial score (nSPS) is 19.8. The van der Waals surface area contributed by atoms with Crippen LogP contribution in [0.3, 0.4) is 0 Å². The molecule has 2 amide bonds. The molecule has 26 heavy (non-hydrogen) atoms. The van der Waals surface area contributed by atoms with Gasteiger partial charge in [-0.25, -0.2) is 18.0 Å². The largest absolute Gasteiger partial charge is 0.471 e. The Labute approximate surface area is 147 Å². The van der Waals surface area contributed by atoms with Gasteiger partial charge in [0.2, 0.25) is 5.88 Å². The summed E-state index contributed by atoms with van der Waals surface area (Å²) < 4.78 is 48.5. The van der Waals surface area contributed by atoms with Crippen LogP contribution in [0, 0.1) is 5.82 Å². The SMILES string of the molecule is NC(=O)OC1CCC(Nc2nc(OCC(F)F)c(C(N)=O)cc2F)CC1. The Hall–Kier alpha value is -2.72. The summed E-state index contributed by atoms with van der Waals surface area (Å²) in [5.74, 6) is -2.61. The second-order valence-corrected chi connectivity index (χ2v) is 5.79. The summed E-state index contributed by atoms with van der Waals surface area (Å²) in [7, 11) is 0. The Morgan fingerprint density at radius 3 is 2.46 bits per heavy atom.